The van der Waals surface area contributed by atoms with Crippen molar-refractivity contribution in [3.05, 3.63) is 24.3 Å². The number of nitrogens with zero attached hydrogens (tertiary/aromatic N) is 4. The Morgan fingerprint density at radius 3 is 2.67 bits per heavy atom. The van der Waals surface area contributed by atoms with E-state index in [1.54, 1.807) is 11.2 Å². The van der Waals surface area contributed by atoms with Gasteiger partial charge in [0.05, 0.1) is 6.61 Å². The Labute approximate surface area is 106 Å². The molecule has 94 valence electrons. The lowest BCUT2D eigenvalue weighted by Crippen LogP contribution is -2.12. The van der Waals surface area contributed by atoms with Crippen LogP contribution < -0.4 is 9.75 Å². The van der Waals surface area contributed by atoms with Gasteiger partial charge in [0.25, 0.3) is 0 Å². The van der Waals surface area contributed by atoms with Crippen molar-refractivity contribution >= 4 is 22.8 Å². The maximum absolute atomic E-state index is 5.48. The van der Waals surface area contributed by atoms with Crippen molar-refractivity contribution < 1.29 is 4.74 Å². The summed E-state index contributed by atoms with van der Waals surface area (Å²) >= 11 is 0. The highest BCUT2D eigenvalue weighted by Crippen LogP contribution is 2.29. The molecule has 0 fully saturated rings. The predicted octanol–water partition coefficient (Wildman–Crippen LogP) is 2.47. The number of fused-ring (bicyclic) bond motifs is 1. The van der Waals surface area contributed by atoms with Crippen LogP contribution in [0.2, 0.25) is 0 Å². The van der Waals surface area contributed by atoms with Gasteiger partial charge >= 0.3 is 0 Å². The van der Waals surface area contributed by atoms with Gasteiger partial charge in [-0.1, -0.05) is 18.2 Å². The molecule has 0 spiro atoms. The molecule has 5 nitrogen and oxygen atoms in total. The number of hydrazone groups is 1. The normalized spacial score (nSPS) is 11.1. The van der Waals surface area contributed by atoms with Crippen LogP contribution in [0, 0.1) is 0 Å². The van der Waals surface area contributed by atoms with Crippen LogP contribution >= 0.6 is 0 Å². The van der Waals surface area contributed by atoms with Gasteiger partial charge in [-0.2, -0.15) is 5.10 Å². The summed E-state index contributed by atoms with van der Waals surface area (Å²) in [5, 5.41) is 16.1. The third-order valence-corrected chi connectivity index (χ3v) is 2.51. The zero-order chi connectivity index (χ0) is 13.0. The number of benzene rings is 1. The lowest BCUT2D eigenvalue weighted by molar-refractivity contribution is 0.327. The highest BCUT2D eigenvalue weighted by molar-refractivity contribution is 5.95. The molecule has 0 atom stereocenters. The van der Waals surface area contributed by atoms with Gasteiger partial charge in [-0.25, -0.2) is 5.01 Å². The highest BCUT2D eigenvalue weighted by Gasteiger charge is 2.11. The summed E-state index contributed by atoms with van der Waals surface area (Å²) in [7, 11) is 1.84. The maximum Gasteiger partial charge on any atom is 0.241 e. The highest BCUT2D eigenvalue weighted by atomic mass is 16.5. The number of hydrogen-bond acceptors (Lipinski definition) is 5. The van der Waals surface area contributed by atoms with Gasteiger partial charge in [-0.3, -0.25) is 0 Å². The summed E-state index contributed by atoms with van der Waals surface area (Å²) in [5.74, 6) is 1.28. The number of aromatic nitrogens is 2. The first-order chi connectivity index (χ1) is 8.77. The summed E-state index contributed by atoms with van der Waals surface area (Å²) < 4.78 is 5.48. The number of hydrogen-bond donors (Lipinski definition) is 0. The third kappa shape index (κ3) is 2.25. The molecule has 0 N–H and O–H groups in total. The van der Waals surface area contributed by atoms with Crippen LogP contribution in [-0.2, 0) is 0 Å². The van der Waals surface area contributed by atoms with Crippen molar-refractivity contribution in [2.24, 2.45) is 5.10 Å². The fraction of sp³-hybridized carbons (Fsp3) is 0.308. The van der Waals surface area contributed by atoms with Gasteiger partial charge in [0.1, 0.15) is 0 Å². The summed E-state index contributed by atoms with van der Waals surface area (Å²) in [6.07, 6.45) is 1.72. The van der Waals surface area contributed by atoms with E-state index >= 15 is 0 Å². The predicted molar refractivity (Wildman–Crippen MR) is 73.3 cm³/mol. The van der Waals surface area contributed by atoms with E-state index < -0.39 is 0 Å². The van der Waals surface area contributed by atoms with E-state index in [0.717, 1.165) is 10.8 Å². The second-order valence-electron chi connectivity index (χ2n) is 3.70. The molecule has 0 amide bonds. The standard InChI is InChI=1S/C13H16N4O/c1-4-14-17(3)12-10-8-6-7-9-11(10)13(16-15-12)18-5-2/h4,6-9H,5H2,1-3H3/b14-4+. The van der Waals surface area contributed by atoms with E-state index in [-0.39, 0.29) is 0 Å². The van der Waals surface area contributed by atoms with Crippen molar-refractivity contribution in [2.45, 2.75) is 13.8 Å². The molecule has 0 aliphatic rings. The average molecular weight is 244 g/mol. The van der Waals surface area contributed by atoms with Crippen LogP contribution in [-0.4, -0.2) is 30.1 Å². The van der Waals surface area contributed by atoms with Crippen LogP contribution in [0.25, 0.3) is 10.8 Å². The molecule has 0 aliphatic heterocycles. The first kappa shape index (κ1) is 12.3. The Balaban J connectivity index is 2.60. The molecule has 1 heterocycles. The Morgan fingerprint density at radius 1 is 1.28 bits per heavy atom. The summed E-state index contributed by atoms with van der Waals surface area (Å²) in [6.45, 7) is 4.36. The molecule has 2 rings (SSSR count). The lowest BCUT2D eigenvalue weighted by atomic mass is 10.2. The SMILES string of the molecule is C/C=N/N(C)c1nnc(OCC)c2ccccc12. The van der Waals surface area contributed by atoms with Gasteiger partial charge in [0.15, 0.2) is 5.82 Å². The minimum atomic E-state index is 0.561. The summed E-state index contributed by atoms with van der Waals surface area (Å²) in [6, 6.07) is 7.89. The average Bonchev–Trinajstić information content (AvgIpc) is 2.39. The van der Waals surface area contributed by atoms with Gasteiger partial charge in [0.2, 0.25) is 5.88 Å². The zero-order valence-corrected chi connectivity index (χ0v) is 10.8. The molecule has 0 saturated carbocycles. The molecular formula is C13H16N4O. The molecule has 0 bridgehead atoms. The van der Waals surface area contributed by atoms with Gasteiger partial charge in [-0.15, -0.1) is 10.2 Å². The minimum Gasteiger partial charge on any atom is -0.476 e. The Morgan fingerprint density at radius 2 is 2.00 bits per heavy atom. The van der Waals surface area contributed by atoms with Crippen LogP contribution in [0.4, 0.5) is 5.82 Å². The maximum atomic E-state index is 5.48. The van der Waals surface area contributed by atoms with Crippen molar-refractivity contribution in [1.82, 2.24) is 10.2 Å². The fourth-order valence-electron chi connectivity index (χ4n) is 1.78. The van der Waals surface area contributed by atoms with Gasteiger partial charge in [0, 0.05) is 24.0 Å². The number of anilines is 1. The largest absolute Gasteiger partial charge is 0.476 e. The van der Waals surface area contributed by atoms with Gasteiger partial charge in [-0.05, 0) is 19.9 Å². The number of rotatable bonds is 4. The third-order valence-electron chi connectivity index (χ3n) is 2.51. The van der Waals surface area contributed by atoms with Crippen molar-refractivity contribution in [3.63, 3.8) is 0 Å². The topological polar surface area (TPSA) is 50.6 Å². The molecule has 18 heavy (non-hydrogen) atoms. The van der Waals surface area contributed by atoms with Crippen molar-refractivity contribution in [2.75, 3.05) is 18.7 Å². The van der Waals surface area contributed by atoms with Crippen LogP contribution in [0.3, 0.4) is 0 Å². The summed E-state index contributed by atoms with van der Waals surface area (Å²) in [4.78, 5) is 0. The molecule has 5 heteroatoms. The second kappa shape index (κ2) is 5.44. The first-order valence-corrected chi connectivity index (χ1v) is 5.88. The van der Waals surface area contributed by atoms with E-state index in [1.807, 2.05) is 45.2 Å². The molecule has 0 radical (unpaired) electrons. The lowest BCUT2D eigenvalue weighted by Gasteiger charge is -2.14. The molecule has 0 aliphatic carbocycles. The van der Waals surface area contributed by atoms with Crippen LogP contribution in [0.5, 0.6) is 5.88 Å². The van der Waals surface area contributed by atoms with E-state index in [4.69, 9.17) is 4.74 Å². The second-order valence-corrected chi connectivity index (χ2v) is 3.70. The Hall–Kier alpha value is -2.17. The number of ether oxygens (including phenoxy) is 1. The molecule has 0 unspecified atom stereocenters. The van der Waals surface area contributed by atoms with E-state index in [1.165, 1.54) is 0 Å². The van der Waals surface area contributed by atoms with Crippen molar-refractivity contribution in [3.8, 4) is 5.88 Å². The molecule has 1 aromatic heterocycles. The molecule has 0 saturated heterocycles. The monoisotopic (exact) mass is 244 g/mol. The molecular weight excluding hydrogens is 228 g/mol. The van der Waals surface area contributed by atoms with Gasteiger partial charge < -0.3 is 4.74 Å². The zero-order valence-electron chi connectivity index (χ0n) is 10.8. The first-order valence-electron chi connectivity index (χ1n) is 5.88. The smallest absolute Gasteiger partial charge is 0.241 e. The minimum absolute atomic E-state index is 0.561. The molecule has 1 aromatic carbocycles. The van der Waals surface area contributed by atoms with E-state index in [9.17, 15) is 0 Å². The Bertz CT molecular complexity index is 568. The fourth-order valence-corrected chi connectivity index (χ4v) is 1.78. The summed E-state index contributed by atoms with van der Waals surface area (Å²) in [5.41, 5.74) is 0. The van der Waals surface area contributed by atoms with E-state index in [0.29, 0.717) is 18.3 Å². The quantitative estimate of drug-likeness (QED) is 0.612. The van der Waals surface area contributed by atoms with Crippen LogP contribution in [0.15, 0.2) is 29.4 Å². The van der Waals surface area contributed by atoms with Crippen molar-refractivity contribution in [1.29, 1.82) is 0 Å². The Kier molecular flexibility index (Phi) is 3.72. The van der Waals surface area contributed by atoms with Crippen LogP contribution in [0.1, 0.15) is 13.8 Å². The van der Waals surface area contributed by atoms with E-state index in [2.05, 4.69) is 15.3 Å². The molecule has 2 aromatic rings.